The van der Waals surface area contributed by atoms with Crippen LogP contribution in [0.3, 0.4) is 0 Å². The summed E-state index contributed by atoms with van der Waals surface area (Å²) in [4.78, 5) is 4.38. The van der Waals surface area contributed by atoms with Gasteiger partial charge in [-0.3, -0.25) is 0 Å². The topological polar surface area (TPSA) is 51.0 Å². The minimum Gasteiger partial charge on any atom is -0.338 e. The molecule has 2 rings (SSSR count). The second kappa shape index (κ2) is 4.55. The smallest absolute Gasteiger partial charge is 0.243 e. The van der Waals surface area contributed by atoms with Gasteiger partial charge in [-0.1, -0.05) is 18.5 Å². The summed E-state index contributed by atoms with van der Waals surface area (Å²) in [5.41, 5.74) is 0. The molecule has 78 valence electrons. The van der Waals surface area contributed by atoms with E-state index in [0.717, 1.165) is 37.5 Å². The Bertz CT molecular complexity index is 279. The monoisotopic (exact) mass is 195 g/mol. The van der Waals surface area contributed by atoms with Crippen molar-refractivity contribution in [1.29, 1.82) is 0 Å². The van der Waals surface area contributed by atoms with Crippen LogP contribution in [-0.4, -0.2) is 16.7 Å². The first-order valence-electron chi connectivity index (χ1n) is 5.46. The van der Waals surface area contributed by atoms with Crippen molar-refractivity contribution >= 4 is 0 Å². The van der Waals surface area contributed by atoms with Crippen molar-refractivity contribution in [3.63, 3.8) is 0 Å². The lowest BCUT2D eigenvalue weighted by atomic mass is 10.1. The van der Waals surface area contributed by atoms with Gasteiger partial charge in [-0.15, -0.1) is 0 Å². The molecular weight excluding hydrogens is 178 g/mol. The Hall–Kier alpha value is -0.900. The summed E-state index contributed by atoms with van der Waals surface area (Å²) in [5, 5.41) is 7.35. The highest BCUT2D eigenvalue weighted by Crippen LogP contribution is 2.21. The second-order valence-electron chi connectivity index (χ2n) is 3.80. The first kappa shape index (κ1) is 9.65. The molecule has 1 aromatic heterocycles. The number of hydrogen-bond donors (Lipinski definition) is 1. The molecule has 0 aromatic carbocycles. The highest BCUT2D eigenvalue weighted by Gasteiger charge is 2.20. The van der Waals surface area contributed by atoms with Crippen molar-refractivity contribution in [1.82, 2.24) is 15.5 Å². The lowest BCUT2D eigenvalue weighted by molar-refractivity contribution is 0.296. The number of piperidine rings is 1. The SMILES string of the molecule is CCCc1noc([C@H]2CCCCN2)n1. The summed E-state index contributed by atoms with van der Waals surface area (Å²) in [6, 6.07) is 0.293. The van der Waals surface area contributed by atoms with E-state index in [1.165, 1.54) is 12.8 Å². The third-order valence-electron chi connectivity index (χ3n) is 2.57. The van der Waals surface area contributed by atoms with Crippen LogP contribution in [0.5, 0.6) is 0 Å². The average molecular weight is 195 g/mol. The van der Waals surface area contributed by atoms with Gasteiger partial charge in [0.2, 0.25) is 5.89 Å². The molecule has 1 atom stereocenters. The third kappa shape index (κ3) is 2.12. The molecule has 0 spiro atoms. The predicted octanol–water partition coefficient (Wildman–Crippen LogP) is 1.84. The fourth-order valence-corrected chi connectivity index (χ4v) is 1.80. The zero-order valence-electron chi connectivity index (χ0n) is 8.62. The van der Waals surface area contributed by atoms with Crippen molar-refractivity contribution in [2.45, 2.75) is 45.1 Å². The minimum absolute atomic E-state index is 0.293. The summed E-state index contributed by atoms with van der Waals surface area (Å²) in [7, 11) is 0. The minimum atomic E-state index is 0.293. The van der Waals surface area contributed by atoms with Gasteiger partial charge in [-0.25, -0.2) is 0 Å². The van der Waals surface area contributed by atoms with E-state index in [-0.39, 0.29) is 0 Å². The summed E-state index contributed by atoms with van der Waals surface area (Å²) in [5.74, 6) is 1.61. The molecule has 0 aliphatic carbocycles. The molecule has 1 aromatic rings. The summed E-state index contributed by atoms with van der Waals surface area (Å²) in [6.07, 6.45) is 5.61. The van der Waals surface area contributed by atoms with Gasteiger partial charge in [0, 0.05) is 6.42 Å². The normalized spacial score (nSPS) is 22.5. The van der Waals surface area contributed by atoms with Gasteiger partial charge in [-0.05, 0) is 25.8 Å². The fourth-order valence-electron chi connectivity index (χ4n) is 1.80. The van der Waals surface area contributed by atoms with Gasteiger partial charge in [0.05, 0.1) is 6.04 Å². The Labute approximate surface area is 84.1 Å². The van der Waals surface area contributed by atoms with Crippen LogP contribution < -0.4 is 5.32 Å². The zero-order valence-corrected chi connectivity index (χ0v) is 8.62. The van der Waals surface area contributed by atoms with Crippen LogP contribution in [-0.2, 0) is 6.42 Å². The molecule has 1 aliphatic rings. The highest BCUT2D eigenvalue weighted by molar-refractivity contribution is 4.94. The molecule has 0 radical (unpaired) electrons. The van der Waals surface area contributed by atoms with Crippen molar-refractivity contribution in [2.24, 2.45) is 0 Å². The molecular formula is C10H17N3O. The van der Waals surface area contributed by atoms with Crippen molar-refractivity contribution in [3.8, 4) is 0 Å². The molecule has 0 bridgehead atoms. The van der Waals surface area contributed by atoms with Crippen molar-refractivity contribution in [2.75, 3.05) is 6.54 Å². The maximum Gasteiger partial charge on any atom is 0.243 e. The first-order valence-corrected chi connectivity index (χ1v) is 5.46. The molecule has 4 heteroatoms. The maximum atomic E-state index is 5.23. The Kier molecular flexibility index (Phi) is 3.14. The van der Waals surface area contributed by atoms with Crippen LogP contribution in [0.15, 0.2) is 4.52 Å². The van der Waals surface area contributed by atoms with E-state index in [9.17, 15) is 0 Å². The van der Waals surface area contributed by atoms with Crippen LogP contribution in [0.2, 0.25) is 0 Å². The lowest BCUT2D eigenvalue weighted by Crippen LogP contribution is -2.26. The number of nitrogens with zero attached hydrogens (tertiary/aromatic N) is 2. The molecule has 1 aliphatic heterocycles. The van der Waals surface area contributed by atoms with E-state index in [2.05, 4.69) is 22.4 Å². The maximum absolute atomic E-state index is 5.23. The summed E-state index contributed by atoms with van der Waals surface area (Å²) >= 11 is 0. The molecule has 14 heavy (non-hydrogen) atoms. The molecule has 1 N–H and O–H groups in total. The van der Waals surface area contributed by atoms with E-state index >= 15 is 0 Å². The van der Waals surface area contributed by atoms with Gasteiger partial charge in [0.15, 0.2) is 5.82 Å². The fraction of sp³-hybridized carbons (Fsp3) is 0.800. The van der Waals surface area contributed by atoms with Gasteiger partial charge >= 0.3 is 0 Å². The molecule has 4 nitrogen and oxygen atoms in total. The van der Waals surface area contributed by atoms with Crippen LogP contribution in [0, 0.1) is 0 Å². The van der Waals surface area contributed by atoms with Gasteiger partial charge in [0.25, 0.3) is 0 Å². The number of aryl methyl sites for hydroxylation is 1. The molecule has 0 saturated carbocycles. The number of aromatic nitrogens is 2. The zero-order chi connectivity index (χ0) is 9.80. The quantitative estimate of drug-likeness (QED) is 0.799. The number of hydrogen-bond acceptors (Lipinski definition) is 4. The Morgan fingerprint density at radius 1 is 1.50 bits per heavy atom. The lowest BCUT2D eigenvalue weighted by Gasteiger charge is -2.19. The van der Waals surface area contributed by atoms with Crippen LogP contribution >= 0.6 is 0 Å². The molecule has 2 heterocycles. The molecule has 0 unspecified atom stereocenters. The van der Waals surface area contributed by atoms with E-state index in [0.29, 0.717) is 6.04 Å². The van der Waals surface area contributed by atoms with E-state index in [1.54, 1.807) is 0 Å². The van der Waals surface area contributed by atoms with Gasteiger partial charge in [0.1, 0.15) is 0 Å². The average Bonchev–Trinajstić information content (AvgIpc) is 2.68. The van der Waals surface area contributed by atoms with Crippen LogP contribution in [0.4, 0.5) is 0 Å². The predicted molar refractivity (Wildman–Crippen MR) is 52.9 cm³/mol. The van der Waals surface area contributed by atoms with E-state index < -0.39 is 0 Å². The van der Waals surface area contributed by atoms with E-state index in [4.69, 9.17) is 4.52 Å². The van der Waals surface area contributed by atoms with E-state index in [1.807, 2.05) is 0 Å². The van der Waals surface area contributed by atoms with Crippen LogP contribution in [0.25, 0.3) is 0 Å². The van der Waals surface area contributed by atoms with Gasteiger partial charge < -0.3 is 9.84 Å². The highest BCUT2D eigenvalue weighted by atomic mass is 16.5. The first-order chi connectivity index (χ1) is 6.90. The standard InChI is InChI=1S/C10H17N3O/c1-2-5-9-12-10(14-13-9)8-6-3-4-7-11-8/h8,11H,2-7H2,1H3/t8-/m1/s1. The molecule has 0 amide bonds. The Morgan fingerprint density at radius 3 is 3.14 bits per heavy atom. The molecule has 1 saturated heterocycles. The summed E-state index contributed by atoms with van der Waals surface area (Å²) < 4.78 is 5.23. The van der Waals surface area contributed by atoms with Gasteiger partial charge in [-0.2, -0.15) is 4.98 Å². The Balaban J connectivity index is 2.00. The second-order valence-corrected chi connectivity index (χ2v) is 3.80. The van der Waals surface area contributed by atoms with Crippen molar-refractivity contribution in [3.05, 3.63) is 11.7 Å². The third-order valence-corrected chi connectivity index (χ3v) is 2.57. The number of rotatable bonds is 3. The largest absolute Gasteiger partial charge is 0.338 e. The molecule has 1 fully saturated rings. The number of nitrogens with one attached hydrogen (secondary N) is 1. The van der Waals surface area contributed by atoms with Crippen molar-refractivity contribution < 1.29 is 4.52 Å². The summed E-state index contributed by atoms with van der Waals surface area (Å²) in [6.45, 7) is 3.19. The van der Waals surface area contributed by atoms with Crippen LogP contribution in [0.1, 0.15) is 50.4 Å². The Morgan fingerprint density at radius 2 is 2.43 bits per heavy atom.